The maximum atomic E-state index is 14.8. The van der Waals surface area contributed by atoms with Crippen molar-refractivity contribution in [3.05, 3.63) is 0 Å². The highest BCUT2D eigenvalue weighted by Crippen LogP contribution is 2.48. The van der Waals surface area contributed by atoms with Gasteiger partial charge in [-0.25, -0.2) is 13.2 Å². The second kappa shape index (κ2) is 6.93. The third kappa shape index (κ3) is 3.72. The maximum absolute atomic E-state index is 14.8. The van der Waals surface area contributed by atoms with Gasteiger partial charge in [0.1, 0.15) is 18.5 Å². The topological polar surface area (TPSA) is 20.2 Å². The summed E-state index contributed by atoms with van der Waals surface area (Å²) >= 11 is 0. The molecule has 0 heterocycles. The highest BCUT2D eigenvalue weighted by atomic mass is 19.2. The van der Waals surface area contributed by atoms with Gasteiger partial charge in [0.05, 0.1) is 5.60 Å². The summed E-state index contributed by atoms with van der Waals surface area (Å²) in [7, 11) is 0. The number of hydrogen-bond acceptors (Lipinski definition) is 1. The molecule has 6 unspecified atom stereocenters. The molecule has 3 aliphatic carbocycles. The minimum Gasteiger partial charge on any atom is -0.390 e. The zero-order chi connectivity index (χ0) is 16.6. The highest BCUT2D eigenvalue weighted by Gasteiger charge is 2.46. The first-order chi connectivity index (χ1) is 10.9. The molecule has 0 radical (unpaired) electrons. The quantitative estimate of drug-likeness (QED) is 0.740. The first-order valence-corrected chi connectivity index (χ1v) is 9.53. The van der Waals surface area contributed by atoms with E-state index in [1.54, 1.807) is 0 Å². The SMILES string of the molecule is CC1CCC(O)(C2CCC(C3CCC(F)C(F)C3)C(F)C2)CC1. The van der Waals surface area contributed by atoms with E-state index in [0.717, 1.165) is 38.5 Å². The lowest BCUT2D eigenvalue weighted by Gasteiger charge is -2.46. The first kappa shape index (κ1) is 17.6. The van der Waals surface area contributed by atoms with Crippen molar-refractivity contribution in [2.45, 2.75) is 95.2 Å². The van der Waals surface area contributed by atoms with Crippen LogP contribution in [-0.2, 0) is 0 Å². The first-order valence-electron chi connectivity index (χ1n) is 9.53. The average Bonchev–Trinajstić information content (AvgIpc) is 2.53. The molecule has 23 heavy (non-hydrogen) atoms. The third-order valence-electron chi connectivity index (χ3n) is 7.06. The monoisotopic (exact) mass is 332 g/mol. The number of hydrogen-bond donors (Lipinski definition) is 1. The number of aliphatic hydroxyl groups is 1. The van der Waals surface area contributed by atoms with Crippen LogP contribution in [0.15, 0.2) is 0 Å². The van der Waals surface area contributed by atoms with Gasteiger partial charge in [-0.05, 0) is 87.9 Å². The van der Waals surface area contributed by atoms with Crippen LogP contribution in [-0.4, -0.2) is 29.2 Å². The van der Waals surface area contributed by atoms with E-state index in [0.29, 0.717) is 18.8 Å². The Balaban J connectivity index is 1.57. The largest absolute Gasteiger partial charge is 0.390 e. The van der Waals surface area contributed by atoms with Gasteiger partial charge >= 0.3 is 0 Å². The molecule has 3 aliphatic rings. The predicted molar refractivity (Wildman–Crippen MR) is 85.4 cm³/mol. The summed E-state index contributed by atoms with van der Waals surface area (Å²) in [4.78, 5) is 0. The maximum Gasteiger partial charge on any atom is 0.131 e. The van der Waals surface area contributed by atoms with Crippen molar-refractivity contribution in [3.8, 4) is 0 Å². The van der Waals surface area contributed by atoms with Gasteiger partial charge in [-0.1, -0.05) is 6.92 Å². The Kier molecular flexibility index (Phi) is 5.30. The zero-order valence-electron chi connectivity index (χ0n) is 14.2. The molecule has 3 rings (SSSR count). The molecule has 0 saturated heterocycles. The second-order valence-electron chi connectivity index (χ2n) is 8.58. The van der Waals surface area contributed by atoms with Crippen molar-refractivity contribution in [1.82, 2.24) is 0 Å². The summed E-state index contributed by atoms with van der Waals surface area (Å²) in [6, 6.07) is 0. The van der Waals surface area contributed by atoms with E-state index in [2.05, 4.69) is 6.92 Å². The van der Waals surface area contributed by atoms with E-state index in [4.69, 9.17) is 0 Å². The molecule has 1 nitrogen and oxygen atoms in total. The summed E-state index contributed by atoms with van der Waals surface area (Å²) in [6.07, 6.45) is 2.87. The number of halogens is 3. The molecule has 0 amide bonds. The van der Waals surface area contributed by atoms with E-state index >= 15 is 0 Å². The van der Waals surface area contributed by atoms with Gasteiger partial charge in [-0.2, -0.15) is 0 Å². The lowest BCUT2D eigenvalue weighted by atomic mass is 9.63. The van der Waals surface area contributed by atoms with E-state index in [-0.39, 0.29) is 30.6 Å². The van der Waals surface area contributed by atoms with Crippen LogP contribution in [0.5, 0.6) is 0 Å². The molecule has 3 saturated carbocycles. The summed E-state index contributed by atoms with van der Waals surface area (Å²) in [5.74, 6) is 0.544. The van der Waals surface area contributed by atoms with Gasteiger partial charge in [0.2, 0.25) is 0 Å². The van der Waals surface area contributed by atoms with Crippen LogP contribution in [0.25, 0.3) is 0 Å². The molecule has 0 aromatic rings. The van der Waals surface area contributed by atoms with Crippen molar-refractivity contribution < 1.29 is 18.3 Å². The van der Waals surface area contributed by atoms with E-state index in [1.807, 2.05) is 0 Å². The van der Waals surface area contributed by atoms with Gasteiger partial charge in [0.25, 0.3) is 0 Å². The average molecular weight is 332 g/mol. The minimum atomic E-state index is -1.41. The van der Waals surface area contributed by atoms with Crippen LogP contribution in [0, 0.1) is 23.7 Å². The Morgan fingerprint density at radius 1 is 0.783 bits per heavy atom. The molecular weight excluding hydrogens is 301 g/mol. The molecule has 0 aromatic carbocycles. The Morgan fingerprint density at radius 2 is 1.48 bits per heavy atom. The van der Waals surface area contributed by atoms with Crippen molar-refractivity contribution in [2.75, 3.05) is 0 Å². The van der Waals surface area contributed by atoms with Crippen LogP contribution < -0.4 is 0 Å². The Hall–Kier alpha value is -0.250. The van der Waals surface area contributed by atoms with Crippen LogP contribution in [0.3, 0.4) is 0 Å². The molecule has 0 aliphatic heterocycles. The molecule has 0 aromatic heterocycles. The smallest absolute Gasteiger partial charge is 0.131 e. The fourth-order valence-corrected chi connectivity index (χ4v) is 5.33. The van der Waals surface area contributed by atoms with E-state index in [1.165, 1.54) is 0 Å². The van der Waals surface area contributed by atoms with Gasteiger partial charge in [0, 0.05) is 0 Å². The molecule has 0 bridgehead atoms. The van der Waals surface area contributed by atoms with Gasteiger partial charge < -0.3 is 5.11 Å². The van der Waals surface area contributed by atoms with E-state index < -0.39 is 24.1 Å². The third-order valence-corrected chi connectivity index (χ3v) is 7.06. The van der Waals surface area contributed by atoms with Gasteiger partial charge in [-0.3, -0.25) is 0 Å². The minimum absolute atomic E-state index is 0.0195. The summed E-state index contributed by atoms with van der Waals surface area (Å²) < 4.78 is 41.7. The number of alkyl halides is 3. The summed E-state index contributed by atoms with van der Waals surface area (Å²) in [5, 5.41) is 10.9. The van der Waals surface area contributed by atoms with Crippen LogP contribution in [0.4, 0.5) is 13.2 Å². The van der Waals surface area contributed by atoms with Crippen molar-refractivity contribution in [1.29, 1.82) is 0 Å². The van der Waals surface area contributed by atoms with Gasteiger partial charge in [-0.15, -0.1) is 0 Å². The molecule has 0 spiro atoms. The van der Waals surface area contributed by atoms with Crippen LogP contribution in [0.2, 0.25) is 0 Å². The fourth-order valence-electron chi connectivity index (χ4n) is 5.33. The summed E-state index contributed by atoms with van der Waals surface area (Å²) in [6.45, 7) is 2.21. The van der Waals surface area contributed by atoms with Crippen LogP contribution >= 0.6 is 0 Å². The lowest BCUT2D eigenvalue weighted by Crippen LogP contribution is -2.46. The van der Waals surface area contributed by atoms with Crippen molar-refractivity contribution >= 4 is 0 Å². The fraction of sp³-hybridized carbons (Fsp3) is 1.00. The molecule has 4 heteroatoms. The predicted octanol–water partition coefficient (Wildman–Crippen LogP) is 5.16. The molecular formula is C19H31F3O. The van der Waals surface area contributed by atoms with Crippen molar-refractivity contribution in [2.24, 2.45) is 23.7 Å². The Morgan fingerprint density at radius 3 is 2.09 bits per heavy atom. The van der Waals surface area contributed by atoms with Crippen molar-refractivity contribution in [3.63, 3.8) is 0 Å². The molecule has 134 valence electrons. The molecule has 1 N–H and O–H groups in total. The second-order valence-corrected chi connectivity index (χ2v) is 8.58. The highest BCUT2D eigenvalue weighted by molar-refractivity contribution is 4.97. The Labute approximate surface area is 138 Å². The van der Waals surface area contributed by atoms with Gasteiger partial charge in [0.15, 0.2) is 0 Å². The normalized spacial score (nSPS) is 52.3. The Bertz CT molecular complexity index is 394. The zero-order valence-corrected chi connectivity index (χ0v) is 14.2. The summed E-state index contributed by atoms with van der Waals surface area (Å²) in [5.41, 5.74) is -0.693. The number of rotatable bonds is 2. The van der Waals surface area contributed by atoms with Crippen LogP contribution in [0.1, 0.15) is 71.1 Å². The van der Waals surface area contributed by atoms with E-state index in [9.17, 15) is 18.3 Å². The molecule has 3 fully saturated rings. The molecule has 6 atom stereocenters. The standard InChI is InChI=1S/C19H31F3O/c1-12-6-8-19(23,9-7-12)14-3-4-15(17(21)11-14)13-2-5-16(20)18(22)10-13/h12-18,23H,2-11H2,1H3. The lowest BCUT2D eigenvalue weighted by molar-refractivity contribution is -0.0923.